The van der Waals surface area contributed by atoms with Gasteiger partial charge in [-0.15, -0.1) is 0 Å². The SMILES string of the molecule is CN1CCN(C(c2ccc(Cl)cc2)c2cccc(C=CC(=O)O)c2)CC1. The van der Waals surface area contributed by atoms with E-state index in [9.17, 15) is 4.79 Å². The van der Waals surface area contributed by atoms with Gasteiger partial charge in [0.15, 0.2) is 0 Å². The molecule has 136 valence electrons. The molecule has 3 rings (SSSR count). The molecular formula is C21H23ClN2O2. The smallest absolute Gasteiger partial charge is 0.328 e. The van der Waals surface area contributed by atoms with Crippen LogP contribution in [0.15, 0.2) is 54.6 Å². The zero-order valence-electron chi connectivity index (χ0n) is 14.8. The van der Waals surface area contributed by atoms with Crippen molar-refractivity contribution in [1.29, 1.82) is 0 Å². The molecule has 1 N–H and O–H groups in total. The van der Waals surface area contributed by atoms with E-state index >= 15 is 0 Å². The maximum atomic E-state index is 10.8. The van der Waals surface area contributed by atoms with Gasteiger partial charge < -0.3 is 10.0 Å². The molecule has 1 heterocycles. The summed E-state index contributed by atoms with van der Waals surface area (Å²) in [5.41, 5.74) is 3.24. The van der Waals surface area contributed by atoms with Gasteiger partial charge in [-0.25, -0.2) is 4.79 Å². The van der Waals surface area contributed by atoms with Gasteiger partial charge in [0.05, 0.1) is 6.04 Å². The van der Waals surface area contributed by atoms with Crippen molar-refractivity contribution in [2.24, 2.45) is 0 Å². The van der Waals surface area contributed by atoms with Gasteiger partial charge in [0.1, 0.15) is 0 Å². The number of rotatable bonds is 5. The van der Waals surface area contributed by atoms with Crippen LogP contribution in [0, 0.1) is 0 Å². The fraction of sp³-hybridized carbons (Fsp3) is 0.286. The van der Waals surface area contributed by atoms with Gasteiger partial charge in [0.2, 0.25) is 0 Å². The van der Waals surface area contributed by atoms with Gasteiger partial charge in [0.25, 0.3) is 0 Å². The number of nitrogens with zero attached hydrogens (tertiary/aromatic N) is 2. The summed E-state index contributed by atoms with van der Waals surface area (Å²) in [6.07, 6.45) is 2.81. The van der Waals surface area contributed by atoms with Gasteiger partial charge in [-0.3, -0.25) is 4.90 Å². The van der Waals surface area contributed by atoms with E-state index in [4.69, 9.17) is 16.7 Å². The van der Waals surface area contributed by atoms with E-state index in [1.54, 1.807) is 6.08 Å². The number of hydrogen-bond acceptors (Lipinski definition) is 3. The molecule has 4 nitrogen and oxygen atoms in total. The molecule has 1 aliphatic heterocycles. The molecule has 0 radical (unpaired) electrons. The van der Waals surface area contributed by atoms with Crippen LogP contribution in [0.1, 0.15) is 22.7 Å². The second-order valence-corrected chi connectivity index (χ2v) is 7.07. The van der Waals surface area contributed by atoms with Crippen molar-refractivity contribution in [3.8, 4) is 0 Å². The molecule has 0 bridgehead atoms. The molecule has 1 unspecified atom stereocenters. The molecule has 0 spiro atoms. The van der Waals surface area contributed by atoms with Crippen LogP contribution >= 0.6 is 11.6 Å². The van der Waals surface area contributed by atoms with Crippen LogP contribution < -0.4 is 0 Å². The van der Waals surface area contributed by atoms with Crippen LogP contribution in [-0.4, -0.2) is 54.1 Å². The minimum Gasteiger partial charge on any atom is -0.478 e. The van der Waals surface area contributed by atoms with E-state index in [2.05, 4.69) is 41.1 Å². The van der Waals surface area contributed by atoms with E-state index < -0.39 is 5.97 Å². The van der Waals surface area contributed by atoms with Gasteiger partial charge in [0, 0.05) is 37.3 Å². The summed E-state index contributed by atoms with van der Waals surface area (Å²) in [5.74, 6) is -0.941. The normalized spacial score (nSPS) is 17.5. The Morgan fingerprint density at radius 2 is 1.77 bits per heavy atom. The monoisotopic (exact) mass is 370 g/mol. The van der Waals surface area contributed by atoms with Crippen molar-refractivity contribution in [3.05, 3.63) is 76.3 Å². The topological polar surface area (TPSA) is 43.8 Å². The minimum atomic E-state index is -0.941. The maximum absolute atomic E-state index is 10.8. The molecule has 1 fully saturated rings. The molecular weight excluding hydrogens is 348 g/mol. The average molecular weight is 371 g/mol. The molecule has 26 heavy (non-hydrogen) atoms. The first-order chi connectivity index (χ1) is 12.5. The second-order valence-electron chi connectivity index (χ2n) is 6.64. The second kappa shape index (κ2) is 8.49. The lowest BCUT2D eigenvalue weighted by Crippen LogP contribution is -2.46. The molecule has 0 amide bonds. The number of benzene rings is 2. The third-order valence-corrected chi connectivity index (χ3v) is 4.99. The van der Waals surface area contributed by atoms with E-state index in [0.29, 0.717) is 0 Å². The van der Waals surface area contributed by atoms with Crippen molar-refractivity contribution < 1.29 is 9.90 Å². The molecule has 2 aromatic carbocycles. The number of carboxylic acids is 1. The van der Waals surface area contributed by atoms with Crippen LogP contribution in [-0.2, 0) is 4.79 Å². The van der Waals surface area contributed by atoms with Crippen LogP contribution in [0.25, 0.3) is 6.08 Å². The van der Waals surface area contributed by atoms with Gasteiger partial charge >= 0.3 is 5.97 Å². The van der Waals surface area contributed by atoms with Crippen molar-refractivity contribution in [1.82, 2.24) is 9.80 Å². The molecule has 1 aliphatic rings. The summed E-state index contributed by atoms with van der Waals surface area (Å²) in [7, 11) is 2.14. The minimum absolute atomic E-state index is 0.124. The average Bonchev–Trinajstić information content (AvgIpc) is 2.64. The number of carboxylic acid groups (broad SMARTS) is 1. The van der Waals surface area contributed by atoms with Gasteiger partial charge in [-0.2, -0.15) is 0 Å². The van der Waals surface area contributed by atoms with Crippen molar-refractivity contribution in [2.75, 3.05) is 33.2 Å². The fourth-order valence-corrected chi connectivity index (χ4v) is 3.47. The zero-order valence-corrected chi connectivity index (χ0v) is 15.6. The third kappa shape index (κ3) is 4.73. The molecule has 2 aromatic rings. The standard InChI is InChI=1S/C21H23ClN2O2/c1-23-11-13-24(14-12-23)21(17-6-8-19(22)9-7-17)18-4-2-3-16(15-18)5-10-20(25)26/h2-10,15,21H,11-14H2,1H3,(H,25,26). The number of piperazine rings is 1. The van der Waals surface area contributed by atoms with E-state index in [0.717, 1.165) is 42.3 Å². The molecule has 0 aromatic heterocycles. The Labute approximate surface area is 159 Å². The summed E-state index contributed by atoms with van der Waals surface area (Å²) >= 11 is 6.08. The molecule has 0 aliphatic carbocycles. The van der Waals surface area contributed by atoms with E-state index in [-0.39, 0.29) is 6.04 Å². The number of carbonyl (C=O) groups is 1. The highest BCUT2D eigenvalue weighted by atomic mass is 35.5. The van der Waals surface area contributed by atoms with Crippen LogP contribution in [0.4, 0.5) is 0 Å². The number of halogens is 1. The zero-order chi connectivity index (χ0) is 18.5. The summed E-state index contributed by atoms with van der Waals surface area (Å²) < 4.78 is 0. The van der Waals surface area contributed by atoms with E-state index in [1.807, 2.05) is 24.3 Å². The highest BCUT2D eigenvalue weighted by Crippen LogP contribution is 2.31. The number of hydrogen-bond donors (Lipinski definition) is 1. The summed E-state index contributed by atoms with van der Waals surface area (Å²) in [4.78, 5) is 15.6. The van der Waals surface area contributed by atoms with Gasteiger partial charge in [-0.05, 0) is 48.0 Å². The molecule has 1 saturated heterocycles. The lowest BCUT2D eigenvalue weighted by Gasteiger charge is -2.38. The lowest BCUT2D eigenvalue weighted by molar-refractivity contribution is -0.131. The first-order valence-electron chi connectivity index (χ1n) is 8.72. The first kappa shape index (κ1) is 18.6. The Morgan fingerprint density at radius 3 is 2.42 bits per heavy atom. The van der Waals surface area contributed by atoms with Crippen molar-refractivity contribution in [3.63, 3.8) is 0 Å². The predicted molar refractivity (Wildman–Crippen MR) is 105 cm³/mol. The largest absolute Gasteiger partial charge is 0.478 e. The van der Waals surface area contributed by atoms with Crippen LogP contribution in [0.3, 0.4) is 0 Å². The fourth-order valence-electron chi connectivity index (χ4n) is 3.34. The maximum Gasteiger partial charge on any atom is 0.328 e. The summed E-state index contributed by atoms with van der Waals surface area (Å²) in [6, 6.07) is 16.2. The molecule has 1 atom stereocenters. The Morgan fingerprint density at radius 1 is 1.08 bits per heavy atom. The Kier molecular flexibility index (Phi) is 6.09. The highest BCUT2D eigenvalue weighted by molar-refractivity contribution is 6.30. The number of likely N-dealkylation sites (N-methyl/N-ethyl adjacent to an activating group) is 1. The van der Waals surface area contributed by atoms with Crippen LogP contribution in [0.5, 0.6) is 0 Å². The summed E-state index contributed by atoms with van der Waals surface area (Å²) in [5, 5.41) is 9.60. The molecule has 5 heteroatoms. The number of aliphatic carboxylic acids is 1. The van der Waals surface area contributed by atoms with Gasteiger partial charge in [-0.1, -0.05) is 41.9 Å². The van der Waals surface area contributed by atoms with Crippen molar-refractivity contribution >= 4 is 23.6 Å². The summed E-state index contributed by atoms with van der Waals surface area (Å²) in [6.45, 7) is 4.03. The van der Waals surface area contributed by atoms with E-state index in [1.165, 1.54) is 11.6 Å². The predicted octanol–water partition coefficient (Wildman–Crippen LogP) is 3.77. The first-order valence-corrected chi connectivity index (χ1v) is 9.10. The highest BCUT2D eigenvalue weighted by Gasteiger charge is 2.25. The quantitative estimate of drug-likeness (QED) is 0.813. The molecule has 0 saturated carbocycles. The van der Waals surface area contributed by atoms with Crippen LogP contribution in [0.2, 0.25) is 5.02 Å². The third-order valence-electron chi connectivity index (χ3n) is 4.73. The Bertz CT molecular complexity index is 781. The lowest BCUT2D eigenvalue weighted by atomic mass is 9.95. The Hall–Kier alpha value is -2.14. The Balaban J connectivity index is 1.96. The van der Waals surface area contributed by atoms with Crippen molar-refractivity contribution in [2.45, 2.75) is 6.04 Å².